The van der Waals surface area contributed by atoms with Gasteiger partial charge in [-0.15, -0.1) is 0 Å². The van der Waals surface area contributed by atoms with Gasteiger partial charge in [0.25, 0.3) is 5.56 Å². The van der Waals surface area contributed by atoms with Crippen LogP contribution in [0.15, 0.2) is 47.3 Å². The zero-order valence-electron chi connectivity index (χ0n) is 13.4. The Balaban J connectivity index is 2.19. The molecular weight excluding hydrogens is 322 g/mol. The van der Waals surface area contributed by atoms with Crippen molar-refractivity contribution in [3.05, 3.63) is 64.2 Å². The molecule has 2 N–H and O–H groups in total. The van der Waals surface area contributed by atoms with Crippen LogP contribution in [0.4, 0.5) is 0 Å². The molecule has 5 nitrogen and oxygen atoms in total. The molecule has 0 spiro atoms. The Morgan fingerprint density at radius 2 is 1.96 bits per heavy atom. The van der Waals surface area contributed by atoms with Crippen LogP contribution >= 0.6 is 12.2 Å². The second-order valence-electron chi connectivity index (χ2n) is 5.46. The normalized spacial score (nSPS) is 10.8. The third kappa shape index (κ3) is 2.88. The quantitative estimate of drug-likeness (QED) is 0.740. The summed E-state index contributed by atoms with van der Waals surface area (Å²) in [5.74, 6) is 1.13. The van der Waals surface area contributed by atoms with Crippen LogP contribution in [0.1, 0.15) is 11.4 Å². The highest BCUT2D eigenvalue weighted by atomic mass is 32.1. The maximum atomic E-state index is 13.0. The molecule has 0 radical (unpaired) electrons. The third-order valence-corrected chi connectivity index (χ3v) is 3.96. The van der Waals surface area contributed by atoms with Gasteiger partial charge in [0.05, 0.1) is 23.3 Å². The zero-order chi connectivity index (χ0) is 17.3. The fourth-order valence-corrected chi connectivity index (χ4v) is 2.92. The van der Waals surface area contributed by atoms with Crippen molar-refractivity contribution in [3.8, 4) is 11.4 Å². The molecule has 0 amide bonds. The van der Waals surface area contributed by atoms with Crippen molar-refractivity contribution in [1.82, 2.24) is 9.55 Å². The highest BCUT2D eigenvalue weighted by molar-refractivity contribution is 7.80. The van der Waals surface area contributed by atoms with Gasteiger partial charge in [-0.05, 0) is 36.8 Å². The Hall–Kier alpha value is -2.73. The highest BCUT2D eigenvalue weighted by Gasteiger charge is 2.13. The second kappa shape index (κ2) is 6.41. The van der Waals surface area contributed by atoms with Gasteiger partial charge in [0.2, 0.25) is 0 Å². The van der Waals surface area contributed by atoms with E-state index in [0.717, 1.165) is 11.3 Å². The van der Waals surface area contributed by atoms with Crippen LogP contribution in [0.25, 0.3) is 16.6 Å². The summed E-state index contributed by atoms with van der Waals surface area (Å²) in [5.41, 5.74) is 7.78. The number of benzene rings is 2. The first kappa shape index (κ1) is 16.1. The number of nitrogens with zero attached hydrogens (tertiary/aromatic N) is 2. The molecule has 0 fully saturated rings. The number of rotatable bonds is 4. The van der Waals surface area contributed by atoms with Crippen LogP contribution in [-0.4, -0.2) is 21.6 Å². The van der Waals surface area contributed by atoms with Crippen molar-refractivity contribution in [1.29, 1.82) is 0 Å². The van der Waals surface area contributed by atoms with Crippen LogP contribution < -0.4 is 16.0 Å². The molecule has 0 aliphatic rings. The molecule has 6 heteroatoms. The minimum Gasteiger partial charge on any atom is -0.496 e. The van der Waals surface area contributed by atoms with Gasteiger partial charge in [-0.3, -0.25) is 9.36 Å². The lowest BCUT2D eigenvalue weighted by Gasteiger charge is -2.13. The Labute approximate surface area is 144 Å². The Morgan fingerprint density at radius 1 is 1.25 bits per heavy atom. The lowest BCUT2D eigenvalue weighted by Crippen LogP contribution is -2.22. The van der Waals surface area contributed by atoms with Crippen molar-refractivity contribution < 1.29 is 4.74 Å². The first-order valence-electron chi connectivity index (χ1n) is 7.45. The largest absolute Gasteiger partial charge is 0.496 e. The number of ether oxygens (including phenoxy) is 1. The van der Waals surface area contributed by atoms with Crippen LogP contribution in [0.2, 0.25) is 0 Å². The molecule has 122 valence electrons. The topological polar surface area (TPSA) is 70.1 Å². The maximum Gasteiger partial charge on any atom is 0.269 e. The van der Waals surface area contributed by atoms with E-state index in [9.17, 15) is 4.79 Å². The van der Waals surface area contributed by atoms with Gasteiger partial charge in [-0.1, -0.05) is 30.4 Å². The zero-order valence-corrected chi connectivity index (χ0v) is 14.3. The fraction of sp³-hybridized carbons (Fsp3) is 0.167. The molecule has 0 aliphatic heterocycles. The first-order chi connectivity index (χ1) is 11.5. The Bertz CT molecular complexity index is 978. The van der Waals surface area contributed by atoms with Crippen LogP contribution in [-0.2, 0) is 6.42 Å². The summed E-state index contributed by atoms with van der Waals surface area (Å²) in [5, 5.41) is 0.470. The molecule has 0 aliphatic carbocycles. The summed E-state index contributed by atoms with van der Waals surface area (Å²) >= 11 is 4.92. The molecule has 0 unspecified atom stereocenters. The molecule has 0 bridgehead atoms. The molecule has 0 saturated carbocycles. The number of aryl methyl sites for hydroxylation is 1. The molecule has 1 aromatic heterocycles. The van der Waals surface area contributed by atoms with Crippen LogP contribution in [0, 0.1) is 6.92 Å². The van der Waals surface area contributed by atoms with Gasteiger partial charge in [-0.25, -0.2) is 4.98 Å². The van der Waals surface area contributed by atoms with Gasteiger partial charge < -0.3 is 10.5 Å². The van der Waals surface area contributed by atoms with E-state index in [1.165, 1.54) is 0 Å². The maximum absolute atomic E-state index is 13.0. The molecule has 2 aromatic carbocycles. The standard InChI is InChI=1S/C18H17N3O2S/c1-11-20-14-4-3-5-15(23-2)17(14)18(22)21(11)13-8-6-12(7-9-13)10-16(19)24/h3-9H,10H2,1-2H3,(H2,19,24). The van der Waals surface area contributed by atoms with Crippen molar-refractivity contribution in [2.75, 3.05) is 7.11 Å². The summed E-state index contributed by atoms with van der Waals surface area (Å²) in [6.07, 6.45) is 0.535. The van der Waals surface area contributed by atoms with Gasteiger partial charge in [0.1, 0.15) is 17.0 Å². The van der Waals surface area contributed by atoms with Gasteiger partial charge in [0.15, 0.2) is 0 Å². The number of fused-ring (bicyclic) bond motifs is 1. The summed E-state index contributed by atoms with van der Waals surface area (Å²) in [6, 6.07) is 12.9. The van der Waals surface area contributed by atoms with E-state index in [0.29, 0.717) is 33.9 Å². The van der Waals surface area contributed by atoms with E-state index >= 15 is 0 Å². The molecule has 24 heavy (non-hydrogen) atoms. The smallest absolute Gasteiger partial charge is 0.269 e. The van der Waals surface area contributed by atoms with E-state index in [4.69, 9.17) is 22.7 Å². The van der Waals surface area contributed by atoms with E-state index < -0.39 is 0 Å². The number of thiocarbonyl (C=S) groups is 1. The minimum absolute atomic E-state index is 0.156. The summed E-state index contributed by atoms with van der Waals surface area (Å²) in [4.78, 5) is 18.0. The first-order valence-corrected chi connectivity index (χ1v) is 7.86. The summed E-state index contributed by atoms with van der Waals surface area (Å²) in [7, 11) is 1.54. The van der Waals surface area contributed by atoms with E-state index in [1.54, 1.807) is 17.7 Å². The SMILES string of the molecule is COc1cccc2nc(C)n(-c3ccc(CC(N)=S)cc3)c(=O)c12. The predicted molar refractivity (Wildman–Crippen MR) is 99.1 cm³/mol. The number of aromatic nitrogens is 2. The fourth-order valence-electron chi connectivity index (χ4n) is 2.75. The molecule has 0 saturated heterocycles. The third-order valence-electron chi connectivity index (χ3n) is 3.82. The number of hydrogen-bond donors (Lipinski definition) is 1. The number of hydrogen-bond acceptors (Lipinski definition) is 4. The van der Waals surface area contributed by atoms with Crippen molar-refractivity contribution >= 4 is 28.1 Å². The van der Waals surface area contributed by atoms with Crippen molar-refractivity contribution in [3.63, 3.8) is 0 Å². The van der Waals surface area contributed by atoms with E-state index in [-0.39, 0.29) is 5.56 Å². The van der Waals surface area contributed by atoms with Gasteiger partial charge in [0, 0.05) is 6.42 Å². The average Bonchev–Trinajstić information content (AvgIpc) is 2.55. The lowest BCUT2D eigenvalue weighted by molar-refractivity contribution is 0.419. The van der Waals surface area contributed by atoms with Crippen molar-refractivity contribution in [2.24, 2.45) is 5.73 Å². The molecular formula is C18H17N3O2S. The van der Waals surface area contributed by atoms with Gasteiger partial charge in [-0.2, -0.15) is 0 Å². The predicted octanol–water partition coefficient (Wildman–Crippen LogP) is 2.53. The summed E-state index contributed by atoms with van der Waals surface area (Å²) < 4.78 is 6.90. The molecule has 1 heterocycles. The Morgan fingerprint density at radius 3 is 2.58 bits per heavy atom. The number of nitrogens with two attached hydrogens (primary N) is 1. The number of methoxy groups -OCH3 is 1. The lowest BCUT2D eigenvalue weighted by atomic mass is 10.1. The monoisotopic (exact) mass is 339 g/mol. The van der Waals surface area contributed by atoms with E-state index in [2.05, 4.69) is 4.98 Å². The highest BCUT2D eigenvalue weighted by Crippen LogP contribution is 2.22. The van der Waals surface area contributed by atoms with Crippen LogP contribution in [0.3, 0.4) is 0 Å². The summed E-state index contributed by atoms with van der Waals surface area (Å²) in [6.45, 7) is 1.81. The van der Waals surface area contributed by atoms with E-state index in [1.807, 2.05) is 43.3 Å². The minimum atomic E-state index is -0.156. The Kier molecular flexibility index (Phi) is 4.31. The molecule has 3 rings (SSSR count). The molecule has 3 aromatic rings. The van der Waals surface area contributed by atoms with Crippen LogP contribution in [0.5, 0.6) is 5.75 Å². The van der Waals surface area contributed by atoms with Crippen molar-refractivity contribution in [2.45, 2.75) is 13.3 Å². The second-order valence-corrected chi connectivity index (χ2v) is 5.99. The average molecular weight is 339 g/mol. The van der Waals surface area contributed by atoms with Gasteiger partial charge >= 0.3 is 0 Å². The molecule has 0 atom stereocenters.